The van der Waals surface area contributed by atoms with E-state index in [0.29, 0.717) is 12.2 Å². The number of H-pyrrole nitrogens is 1. The summed E-state index contributed by atoms with van der Waals surface area (Å²) in [6.07, 6.45) is 10.5. The average Bonchev–Trinajstić information content (AvgIpc) is 2.70. The number of nitrogens with zero attached hydrogens (tertiary/aromatic N) is 3. The molecule has 2 aromatic heterocycles. The van der Waals surface area contributed by atoms with Gasteiger partial charge in [-0.3, -0.25) is 14.6 Å². The lowest BCUT2D eigenvalue weighted by atomic mass is 10.0. The van der Waals surface area contributed by atoms with E-state index < -0.39 is 0 Å². The van der Waals surface area contributed by atoms with Crippen LogP contribution in [0.15, 0.2) is 53.7 Å². The molecule has 7 nitrogen and oxygen atoms in total. The summed E-state index contributed by atoms with van der Waals surface area (Å²) in [5.41, 5.74) is 2.27. The number of carbonyl (C=O) groups is 1. The lowest BCUT2D eigenvalue weighted by Gasteiger charge is -2.33. The highest BCUT2D eigenvalue weighted by atomic mass is 16.2. The number of likely N-dealkylation sites (tertiary alicyclic amines) is 1. The van der Waals surface area contributed by atoms with Gasteiger partial charge in [0, 0.05) is 55.9 Å². The van der Waals surface area contributed by atoms with Gasteiger partial charge >= 0.3 is 0 Å². The summed E-state index contributed by atoms with van der Waals surface area (Å²) in [5.74, 6) is 0.0211. The van der Waals surface area contributed by atoms with Gasteiger partial charge in [0.05, 0.1) is 0 Å². The molecule has 0 bridgehead atoms. The highest BCUT2D eigenvalue weighted by molar-refractivity contribution is 5.87. The van der Waals surface area contributed by atoms with E-state index >= 15 is 0 Å². The van der Waals surface area contributed by atoms with Crippen molar-refractivity contribution in [1.82, 2.24) is 19.8 Å². The molecule has 1 aliphatic heterocycles. The van der Waals surface area contributed by atoms with Gasteiger partial charge in [0.2, 0.25) is 5.91 Å². The first-order chi connectivity index (χ1) is 13.5. The number of pyridine rings is 2. The quantitative estimate of drug-likeness (QED) is 0.748. The van der Waals surface area contributed by atoms with E-state index in [1.165, 1.54) is 0 Å². The van der Waals surface area contributed by atoms with Crippen LogP contribution < -0.4 is 10.9 Å². The van der Waals surface area contributed by atoms with Crippen molar-refractivity contribution in [2.75, 3.05) is 39.0 Å². The Morgan fingerprint density at radius 2 is 2.14 bits per heavy atom. The molecule has 1 saturated heterocycles. The van der Waals surface area contributed by atoms with Crippen molar-refractivity contribution >= 4 is 11.6 Å². The number of nitrogens with one attached hydrogen (secondary N) is 2. The van der Waals surface area contributed by atoms with Crippen LogP contribution in [0.2, 0.25) is 0 Å². The van der Waals surface area contributed by atoms with Crippen LogP contribution in [0.25, 0.3) is 11.1 Å². The number of anilines is 1. The van der Waals surface area contributed by atoms with Gasteiger partial charge in [-0.15, -0.1) is 0 Å². The van der Waals surface area contributed by atoms with Crippen molar-refractivity contribution in [2.45, 2.75) is 18.9 Å². The second-order valence-corrected chi connectivity index (χ2v) is 7.30. The van der Waals surface area contributed by atoms with E-state index in [1.807, 2.05) is 48.2 Å². The fourth-order valence-corrected chi connectivity index (χ4v) is 3.29. The first-order valence-corrected chi connectivity index (χ1v) is 9.53. The van der Waals surface area contributed by atoms with Crippen LogP contribution in [0.5, 0.6) is 0 Å². The van der Waals surface area contributed by atoms with E-state index in [-0.39, 0.29) is 17.5 Å². The lowest BCUT2D eigenvalue weighted by molar-refractivity contribution is -0.127. The van der Waals surface area contributed by atoms with Crippen LogP contribution in [0.1, 0.15) is 12.8 Å². The maximum atomic E-state index is 12.4. The molecule has 0 saturated carbocycles. The molecule has 0 aliphatic carbocycles. The molecular weight excluding hydrogens is 354 g/mol. The Labute approximate surface area is 165 Å². The highest BCUT2D eigenvalue weighted by Gasteiger charge is 2.23. The Bertz CT molecular complexity index is 876. The number of hydrogen-bond donors (Lipinski definition) is 2. The number of aromatic nitrogens is 2. The summed E-state index contributed by atoms with van der Waals surface area (Å²) in [6, 6.07) is 5.71. The number of likely N-dealkylation sites (N-methyl/N-ethyl adjacent to an activating group) is 1. The molecule has 148 valence electrons. The highest BCUT2D eigenvalue weighted by Crippen LogP contribution is 2.20. The molecule has 1 amide bonds. The molecule has 3 heterocycles. The van der Waals surface area contributed by atoms with Crippen molar-refractivity contribution in [1.29, 1.82) is 0 Å². The Morgan fingerprint density at radius 3 is 2.89 bits per heavy atom. The summed E-state index contributed by atoms with van der Waals surface area (Å²) in [7, 11) is 3.93. The number of carbonyl (C=O) groups excluding carboxylic acids is 1. The summed E-state index contributed by atoms with van der Waals surface area (Å²) < 4.78 is 0. The maximum Gasteiger partial charge on any atom is 0.271 e. The van der Waals surface area contributed by atoms with Crippen molar-refractivity contribution in [3.63, 3.8) is 0 Å². The first kappa shape index (κ1) is 19.8. The summed E-state index contributed by atoms with van der Waals surface area (Å²) in [5, 5.41) is 3.33. The fraction of sp³-hybridized carbons (Fsp3) is 0.381. The van der Waals surface area contributed by atoms with Crippen LogP contribution in [-0.2, 0) is 4.79 Å². The molecule has 0 spiro atoms. The molecule has 3 rings (SSSR count). The van der Waals surface area contributed by atoms with E-state index in [0.717, 1.165) is 37.1 Å². The Morgan fingerprint density at radius 1 is 1.36 bits per heavy atom. The minimum absolute atomic E-state index is 0.0211. The van der Waals surface area contributed by atoms with Crippen LogP contribution in [-0.4, -0.2) is 65.4 Å². The molecule has 0 radical (unpaired) electrons. The zero-order chi connectivity index (χ0) is 19.9. The number of aromatic amines is 1. The molecule has 7 heteroatoms. The molecule has 1 fully saturated rings. The number of amides is 1. The van der Waals surface area contributed by atoms with E-state index in [1.54, 1.807) is 24.7 Å². The normalized spacial score (nSPS) is 17.2. The predicted molar refractivity (Wildman–Crippen MR) is 111 cm³/mol. The second-order valence-electron chi connectivity index (χ2n) is 7.30. The van der Waals surface area contributed by atoms with Crippen LogP contribution in [0.4, 0.5) is 5.69 Å². The van der Waals surface area contributed by atoms with Crippen LogP contribution in [0, 0.1) is 0 Å². The zero-order valence-corrected chi connectivity index (χ0v) is 16.4. The second kappa shape index (κ2) is 9.32. The molecule has 2 N–H and O–H groups in total. The van der Waals surface area contributed by atoms with Gasteiger partial charge in [0.1, 0.15) is 5.69 Å². The van der Waals surface area contributed by atoms with E-state index in [4.69, 9.17) is 0 Å². The summed E-state index contributed by atoms with van der Waals surface area (Å²) in [4.78, 5) is 35.3. The van der Waals surface area contributed by atoms with Gasteiger partial charge in [0.25, 0.3) is 5.56 Å². The van der Waals surface area contributed by atoms with Gasteiger partial charge in [-0.2, -0.15) is 0 Å². The lowest BCUT2D eigenvalue weighted by Crippen LogP contribution is -2.45. The largest absolute Gasteiger partial charge is 0.376 e. The molecule has 1 atom stereocenters. The van der Waals surface area contributed by atoms with E-state index in [2.05, 4.69) is 15.3 Å². The molecule has 2 aromatic rings. The third-order valence-corrected chi connectivity index (χ3v) is 4.74. The topological polar surface area (TPSA) is 81.3 Å². The summed E-state index contributed by atoms with van der Waals surface area (Å²) in [6.45, 7) is 2.07. The van der Waals surface area contributed by atoms with Crippen molar-refractivity contribution < 1.29 is 4.79 Å². The SMILES string of the molecule is CN(C)C/C=C/C(=O)N1CCC[C@H](Nc2cc(-c3ccncc3)c[nH]c2=O)C1. The average molecular weight is 381 g/mol. The monoisotopic (exact) mass is 381 g/mol. The third kappa shape index (κ3) is 5.29. The Hall–Kier alpha value is -2.93. The fourth-order valence-electron chi connectivity index (χ4n) is 3.29. The molecule has 1 aliphatic rings. The van der Waals surface area contributed by atoms with Crippen molar-refractivity contribution in [2.24, 2.45) is 0 Å². The van der Waals surface area contributed by atoms with Crippen LogP contribution in [0.3, 0.4) is 0 Å². The van der Waals surface area contributed by atoms with Gasteiger partial charge in [-0.1, -0.05) is 6.08 Å². The van der Waals surface area contributed by atoms with Gasteiger partial charge < -0.3 is 20.1 Å². The molecule has 0 aromatic carbocycles. The predicted octanol–water partition coefficient (Wildman–Crippen LogP) is 1.96. The number of hydrogen-bond acceptors (Lipinski definition) is 5. The minimum atomic E-state index is -0.160. The van der Waals surface area contributed by atoms with Crippen LogP contribution >= 0.6 is 0 Å². The molecule has 28 heavy (non-hydrogen) atoms. The molecular formula is C21H27N5O2. The zero-order valence-electron chi connectivity index (χ0n) is 16.4. The number of piperidine rings is 1. The van der Waals surface area contributed by atoms with Crippen molar-refractivity contribution in [3.05, 3.63) is 59.3 Å². The van der Waals surface area contributed by atoms with E-state index in [9.17, 15) is 9.59 Å². The third-order valence-electron chi connectivity index (χ3n) is 4.74. The number of rotatable bonds is 6. The van der Waals surface area contributed by atoms with Gasteiger partial charge in [-0.25, -0.2) is 0 Å². The molecule has 0 unspecified atom stereocenters. The Balaban J connectivity index is 1.67. The van der Waals surface area contributed by atoms with Gasteiger partial charge in [0.15, 0.2) is 0 Å². The first-order valence-electron chi connectivity index (χ1n) is 9.53. The standard InChI is InChI=1S/C21H27N5O2/c1-25(2)11-4-6-20(27)26-12-3-5-18(15-26)24-19-13-17(14-23-21(19)28)16-7-9-22-10-8-16/h4,6-10,13-14,18,24H,3,5,11-12,15H2,1-2H3,(H,23,28)/b6-4+/t18-/m0/s1. The smallest absolute Gasteiger partial charge is 0.271 e. The van der Waals surface area contributed by atoms with Gasteiger partial charge in [-0.05, 0) is 50.7 Å². The maximum absolute atomic E-state index is 12.4. The minimum Gasteiger partial charge on any atom is -0.376 e. The Kier molecular flexibility index (Phi) is 6.60. The van der Waals surface area contributed by atoms with Crippen molar-refractivity contribution in [3.8, 4) is 11.1 Å². The summed E-state index contributed by atoms with van der Waals surface area (Å²) >= 11 is 0.